The molecular formula is C12H13F2NO4. The SMILES string of the molecule is CC(C)(C)OC(=O)NC(=O)Oc1c(F)cccc1F. The van der Waals surface area contributed by atoms with Crippen LogP contribution in [-0.4, -0.2) is 17.8 Å². The van der Waals surface area contributed by atoms with Crippen LogP contribution in [0.3, 0.4) is 0 Å². The quantitative estimate of drug-likeness (QED) is 0.854. The number of imide groups is 1. The van der Waals surface area contributed by atoms with Crippen LogP contribution in [0.2, 0.25) is 0 Å². The second-order valence-corrected chi connectivity index (χ2v) is 4.57. The van der Waals surface area contributed by atoms with Gasteiger partial charge in [0.2, 0.25) is 5.75 Å². The van der Waals surface area contributed by atoms with E-state index in [2.05, 4.69) is 4.74 Å². The van der Waals surface area contributed by atoms with E-state index in [1.165, 1.54) is 0 Å². The summed E-state index contributed by atoms with van der Waals surface area (Å²) in [7, 11) is 0. The molecule has 0 aliphatic heterocycles. The minimum absolute atomic E-state index is 0.812. The fraction of sp³-hybridized carbons (Fsp3) is 0.333. The van der Waals surface area contributed by atoms with Gasteiger partial charge in [-0.2, -0.15) is 0 Å². The van der Waals surface area contributed by atoms with Crippen LogP contribution in [0.25, 0.3) is 0 Å². The summed E-state index contributed by atoms with van der Waals surface area (Å²) in [6, 6.07) is 2.95. The lowest BCUT2D eigenvalue weighted by molar-refractivity contribution is 0.0532. The molecule has 0 aliphatic rings. The van der Waals surface area contributed by atoms with Crippen LogP contribution in [0.4, 0.5) is 18.4 Å². The first-order valence-electron chi connectivity index (χ1n) is 5.35. The van der Waals surface area contributed by atoms with Gasteiger partial charge < -0.3 is 9.47 Å². The van der Waals surface area contributed by atoms with E-state index in [9.17, 15) is 18.4 Å². The molecule has 7 heteroatoms. The minimum atomic E-state index is -1.33. The average molecular weight is 273 g/mol. The maximum absolute atomic E-state index is 13.2. The number of carbonyl (C=O) groups is 2. The van der Waals surface area contributed by atoms with Gasteiger partial charge in [-0.15, -0.1) is 0 Å². The van der Waals surface area contributed by atoms with Gasteiger partial charge in [0.15, 0.2) is 11.6 Å². The first-order chi connectivity index (χ1) is 8.69. The number of ether oxygens (including phenoxy) is 2. The summed E-state index contributed by atoms with van der Waals surface area (Å²) in [5.74, 6) is -3.00. The van der Waals surface area contributed by atoms with Crippen LogP contribution >= 0.6 is 0 Å². The van der Waals surface area contributed by atoms with E-state index in [1.807, 2.05) is 0 Å². The highest BCUT2D eigenvalue weighted by Crippen LogP contribution is 2.20. The predicted molar refractivity (Wildman–Crippen MR) is 61.8 cm³/mol. The van der Waals surface area contributed by atoms with Crippen LogP contribution in [-0.2, 0) is 4.74 Å². The van der Waals surface area contributed by atoms with Gasteiger partial charge in [0.25, 0.3) is 0 Å². The Morgan fingerprint density at radius 2 is 1.63 bits per heavy atom. The third-order valence-electron chi connectivity index (χ3n) is 1.72. The minimum Gasteiger partial charge on any atom is -0.443 e. The van der Waals surface area contributed by atoms with Gasteiger partial charge in [0.05, 0.1) is 0 Å². The summed E-state index contributed by atoms with van der Waals surface area (Å²) in [5, 5.41) is 1.68. The average Bonchev–Trinajstić information content (AvgIpc) is 2.20. The van der Waals surface area contributed by atoms with Gasteiger partial charge in [-0.25, -0.2) is 23.7 Å². The highest BCUT2D eigenvalue weighted by Gasteiger charge is 2.20. The molecule has 0 radical (unpaired) electrons. The first kappa shape index (κ1) is 14.9. The molecule has 0 spiro atoms. The number of para-hydroxylation sites is 1. The summed E-state index contributed by atoms with van der Waals surface area (Å²) >= 11 is 0. The maximum atomic E-state index is 13.2. The summed E-state index contributed by atoms with van der Waals surface area (Å²) in [5.41, 5.74) is -0.812. The zero-order valence-corrected chi connectivity index (χ0v) is 10.6. The molecule has 1 aromatic carbocycles. The third kappa shape index (κ3) is 4.90. The Hall–Kier alpha value is -2.18. The molecule has 1 N–H and O–H groups in total. The van der Waals surface area contributed by atoms with Crippen LogP contribution < -0.4 is 10.1 Å². The van der Waals surface area contributed by atoms with Crippen molar-refractivity contribution in [3.8, 4) is 5.75 Å². The van der Waals surface area contributed by atoms with Gasteiger partial charge in [-0.05, 0) is 32.9 Å². The fourth-order valence-corrected chi connectivity index (χ4v) is 1.09. The molecule has 104 valence electrons. The first-order valence-corrected chi connectivity index (χ1v) is 5.35. The number of alkyl carbamates (subject to hydrolysis) is 1. The van der Waals surface area contributed by atoms with Gasteiger partial charge >= 0.3 is 12.2 Å². The van der Waals surface area contributed by atoms with E-state index in [-0.39, 0.29) is 0 Å². The van der Waals surface area contributed by atoms with Crippen molar-refractivity contribution in [1.82, 2.24) is 5.32 Å². The predicted octanol–water partition coefficient (Wildman–Crippen LogP) is 2.99. The highest BCUT2D eigenvalue weighted by atomic mass is 19.1. The van der Waals surface area contributed by atoms with Crippen molar-refractivity contribution in [3.63, 3.8) is 0 Å². The summed E-state index contributed by atoms with van der Waals surface area (Å²) < 4.78 is 35.4. The Bertz CT molecular complexity index is 477. The smallest absolute Gasteiger partial charge is 0.422 e. The lowest BCUT2D eigenvalue weighted by Gasteiger charge is -2.19. The maximum Gasteiger partial charge on any atom is 0.422 e. The van der Waals surface area contributed by atoms with Gasteiger partial charge in [-0.1, -0.05) is 6.07 Å². The van der Waals surface area contributed by atoms with Crippen molar-refractivity contribution in [3.05, 3.63) is 29.8 Å². The van der Waals surface area contributed by atoms with E-state index in [0.29, 0.717) is 0 Å². The topological polar surface area (TPSA) is 64.6 Å². The molecule has 0 heterocycles. The monoisotopic (exact) mass is 273 g/mol. The molecule has 0 saturated carbocycles. The van der Waals surface area contributed by atoms with Crippen LogP contribution in [0.15, 0.2) is 18.2 Å². The van der Waals surface area contributed by atoms with Crippen molar-refractivity contribution in [1.29, 1.82) is 0 Å². The van der Waals surface area contributed by atoms with E-state index >= 15 is 0 Å². The van der Waals surface area contributed by atoms with Gasteiger partial charge in [0.1, 0.15) is 5.60 Å². The van der Waals surface area contributed by atoms with Crippen molar-refractivity contribution >= 4 is 12.2 Å². The molecule has 0 fully saturated rings. The lowest BCUT2D eigenvalue weighted by atomic mass is 10.2. The number of nitrogens with one attached hydrogen (secondary N) is 1. The Kier molecular flexibility index (Phi) is 4.42. The van der Waals surface area contributed by atoms with Gasteiger partial charge in [0, 0.05) is 0 Å². The molecule has 0 unspecified atom stereocenters. The molecule has 0 saturated heterocycles. The molecular weight excluding hydrogens is 260 g/mol. The van der Waals surface area contributed by atoms with Crippen molar-refractivity contribution in [2.24, 2.45) is 0 Å². The molecule has 1 aromatic rings. The number of hydrogen-bond acceptors (Lipinski definition) is 4. The number of rotatable bonds is 1. The van der Waals surface area contributed by atoms with Crippen LogP contribution in [0.1, 0.15) is 20.8 Å². The zero-order valence-electron chi connectivity index (χ0n) is 10.6. The van der Waals surface area contributed by atoms with Crippen LogP contribution in [0.5, 0.6) is 5.75 Å². The summed E-state index contributed by atoms with van der Waals surface area (Å²) in [4.78, 5) is 22.5. The molecule has 0 aromatic heterocycles. The lowest BCUT2D eigenvalue weighted by Crippen LogP contribution is -2.38. The van der Waals surface area contributed by atoms with Crippen molar-refractivity contribution in [2.45, 2.75) is 26.4 Å². The molecule has 1 rings (SSSR count). The molecule has 5 nitrogen and oxygen atoms in total. The second-order valence-electron chi connectivity index (χ2n) is 4.57. The van der Waals surface area contributed by atoms with Crippen molar-refractivity contribution in [2.75, 3.05) is 0 Å². The molecule has 0 aliphatic carbocycles. The molecule has 0 atom stereocenters. The molecule has 2 amide bonds. The Balaban J connectivity index is 2.64. The Morgan fingerprint density at radius 1 is 1.11 bits per heavy atom. The summed E-state index contributed by atoms with van der Waals surface area (Å²) in [6.07, 6.45) is -2.41. The number of carbonyl (C=O) groups excluding carboxylic acids is 2. The highest BCUT2D eigenvalue weighted by molar-refractivity contribution is 5.88. The fourth-order valence-electron chi connectivity index (χ4n) is 1.09. The number of benzene rings is 1. The number of halogens is 2. The third-order valence-corrected chi connectivity index (χ3v) is 1.72. The largest absolute Gasteiger partial charge is 0.443 e. The normalized spacial score (nSPS) is 10.8. The van der Waals surface area contributed by atoms with E-state index < -0.39 is 35.2 Å². The number of hydrogen-bond donors (Lipinski definition) is 1. The molecule has 19 heavy (non-hydrogen) atoms. The Labute approximate surface area is 108 Å². The van der Waals surface area contributed by atoms with E-state index in [0.717, 1.165) is 18.2 Å². The standard InChI is InChI=1S/C12H13F2NO4/c1-12(2,3)19-11(17)15-10(16)18-9-7(13)5-4-6-8(9)14/h4-6H,1-3H3,(H,15,16,17). The Morgan fingerprint density at radius 3 is 2.11 bits per heavy atom. The van der Waals surface area contributed by atoms with Crippen LogP contribution in [0, 0.1) is 11.6 Å². The second kappa shape index (κ2) is 5.64. The van der Waals surface area contributed by atoms with E-state index in [4.69, 9.17) is 4.74 Å². The van der Waals surface area contributed by atoms with Crippen molar-refractivity contribution < 1.29 is 27.8 Å². The molecule has 0 bridgehead atoms. The van der Waals surface area contributed by atoms with Gasteiger partial charge in [-0.3, -0.25) is 0 Å². The van der Waals surface area contributed by atoms with E-state index in [1.54, 1.807) is 26.1 Å². The zero-order chi connectivity index (χ0) is 14.6. The number of amides is 2. The summed E-state index contributed by atoms with van der Waals surface area (Å²) in [6.45, 7) is 4.78.